The summed E-state index contributed by atoms with van der Waals surface area (Å²) in [6.07, 6.45) is 1.77. The molecule has 104 valence electrons. The lowest BCUT2D eigenvalue weighted by Crippen LogP contribution is -2.47. The Morgan fingerprint density at radius 3 is 2.28 bits per heavy atom. The third-order valence-electron chi connectivity index (χ3n) is 3.04. The predicted molar refractivity (Wildman–Crippen MR) is 69.2 cm³/mol. The second-order valence-electron chi connectivity index (χ2n) is 6.03. The number of carbonyl (C=O) groups is 2. The number of piperidine rings is 1. The van der Waals surface area contributed by atoms with E-state index in [1.165, 1.54) is 7.11 Å². The molecule has 0 aromatic carbocycles. The summed E-state index contributed by atoms with van der Waals surface area (Å²) in [6.45, 7) is 7.62. The molecule has 0 atom stereocenters. The summed E-state index contributed by atoms with van der Waals surface area (Å²) < 4.78 is 4.56. The van der Waals surface area contributed by atoms with Gasteiger partial charge in [0.05, 0.1) is 7.11 Å². The number of alkyl carbamates (subject to hydrolysis) is 1. The summed E-state index contributed by atoms with van der Waals surface area (Å²) in [7, 11) is 1.36. The molecule has 0 aliphatic carbocycles. The second-order valence-corrected chi connectivity index (χ2v) is 6.03. The standard InChI is InChI=1S/C13H24N2O3/c1-13(2,3)9-11(16)15-7-5-10(6-8-15)14-12(17)18-4/h10H,5-9H2,1-4H3,(H,14,17). The molecule has 0 aromatic rings. The van der Waals surface area contributed by atoms with Crippen molar-refractivity contribution in [3.8, 4) is 0 Å². The molecule has 1 N–H and O–H groups in total. The molecule has 1 heterocycles. The van der Waals surface area contributed by atoms with E-state index >= 15 is 0 Å². The van der Waals surface area contributed by atoms with Crippen LogP contribution in [0.15, 0.2) is 0 Å². The van der Waals surface area contributed by atoms with Crippen molar-refractivity contribution < 1.29 is 14.3 Å². The zero-order valence-electron chi connectivity index (χ0n) is 11.8. The van der Waals surface area contributed by atoms with Gasteiger partial charge in [-0.25, -0.2) is 4.79 Å². The molecule has 2 amide bonds. The van der Waals surface area contributed by atoms with Gasteiger partial charge in [0.25, 0.3) is 0 Å². The second kappa shape index (κ2) is 6.07. The number of carbonyl (C=O) groups excluding carboxylic acids is 2. The van der Waals surface area contributed by atoms with Gasteiger partial charge in [-0.05, 0) is 18.3 Å². The van der Waals surface area contributed by atoms with Crippen molar-refractivity contribution in [2.24, 2.45) is 5.41 Å². The highest BCUT2D eigenvalue weighted by atomic mass is 16.5. The Hall–Kier alpha value is -1.26. The molecule has 5 heteroatoms. The fourth-order valence-corrected chi connectivity index (χ4v) is 2.06. The van der Waals surface area contributed by atoms with Gasteiger partial charge in [-0.1, -0.05) is 20.8 Å². The van der Waals surface area contributed by atoms with Crippen LogP contribution in [0.3, 0.4) is 0 Å². The maximum Gasteiger partial charge on any atom is 0.407 e. The van der Waals surface area contributed by atoms with Crippen molar-refractivity contribution in [1.82, 2.24) is 10.2 Å². The van der Waals surface area contributed by atoms with E-state index in [9.17, 15) is 9.59 Å². The van der Waals surface area contributed by atoms with E-state index in [0.29, 0.717) is 19.5 Å². The molecule has 1 fully saturated rings. The number of hydrogen-bond acceptors (Lipinski definition) is 3. The molecule has 5 nitrogen and oxygen atoms in total. The summed E-state index contributed by atoms with van der Waals surface area (Å²) in [5, 5.41) is 2.78. The molecule has 1 rings (SSSR count). The molecule has 1 saturated heterocycles. The maximum atomic E-state index is 12.0. The number of methoxy groups -OCH3 is 1. The summed E-state index contributed by atoms with van der Waals surface area (Å²) >= 11 is 0. The average molecular weight is 256 g/mol. The van der Waals surface area contributed by atoms with Crippen molar-refractivity contribution in [1.29, 1.82) is 0 Å². The molecule has 0 unspecified atom stereocenters. The van der Waals surface area contributed by atoms with E-state index in [-0.39, 0.29) is 17.4 Å². The summed E-state index contributed by atoms with van der Waals surface area (Å²) in [5.41, 5.74) is 0.0260. The van der Waals surface area contributed by atoms with Gasteiger partial charge < -0.3 is 15.0 Å². The Bertz CT molecular complexity index is 302. The minimum absolute atomic E-state index is 0.0260. The minimum Gasteiger partial charge on any atom is -0.453 e. The number of likely N-dealkylation sites (tertiary alicyclic amines) is 1. The highest BCUT2D eigenvalue weighted by Crippen LogP contribution is 2.21. The molecule has 18 heavy (non-hydrogen) atoms. The number of rotatable bonds is 2. The van der Waals surface area contributed by atoms with E-state index in [0.717, 1.165) is 12.8 Å². The van der Waals surface area contributed by atoms with Crippen LogP contribution in [0.25, 0.3) is 0 Å². The molecule has 0 radical (unpaired) electrons. The monoisotopic (exact) mass is 256 g/mol. The highest BCUT2D eigenvalue weighted by Gasteiger charge is 2.26. The van der Waals surface area contributed by atoms with E-state index in [4.69, 9.17) is 0 Å². The average Bonchev–Trinajstić information content (AvgIpc) is 2.27. The first-order chi connectivity index (χ1) is 8.31. The van der Waals surface area contributed by atoms with Gasteiger partial charge in [-0.3, -0.25) is 4.79 Å². The van der Waals surface area contributed by atoms with Crippen molar-refractivity contribution >= 4 is 12.0 Å². The van der Waals surface area contributed by atoms with Crippen LogP contribution in [-0.2, 0) is 9.53 Å². The SMILES string of the molecule is COC(=O)NC1CCN(C(=O)CC(C)(C)C)CC1. The molecule has 0 aromatic heterocycles. The molecular weight excluding hydrogens is 232 g/mol. The number of ether oxygens (including phenoxy) is 1. The van der Waals surface area contributed by atoms with Gasteiger partial charge >= 0.3 is 6.09 Å². The predicted octanol–water partition coefficient (Wildman–Crippen LogP) is 1.77. The summed E-state index contributed by atoms with van der Waals surface area (Å²) in [5.74, 6) is 0.207. The molecular formula is C13H24N2O3. The van der Waals surface area contributed by atoms with Crippen molar-refractivity contribution in [3.63, 3.8) is 0 Å². The van der Waals surface area contributed by atoms with Gasteiger partial charge in [0.2, 0.25) is 5.91 Å². The Kier molecular flexibility index (Phi) is 4.99. The topological polar surface area (TPSA) is 58.6 Å². The first kappa shape index (κ1) is 14.8. The van der Waals surface area contributed by atoms with Crippen LogP contribution < -0.4 is 5.32 Å². The maximum absolute atomic E-state index is 12.0. The van der Waals surface area contributed by atoms with Crippen LogP contribution in [0, 0.1) is 5.41 Å². The number of nitrogens with zero attached hydrogens (tertiary/aromatic N) is 1. The minimum atomic E-state index is -0.394. The highest BCUT2D eigenvalue weighted by molar-refractivity contribution is 5.77. The number of nitrogens with one attached hydrogen (secondary N) is 1. The van der Waals surface area contributed by atoms with Crippen molar-refractivity contribution in [2.75, 3.05) is 20.2 Å². The van der Waals surface area contributed by atoms with Crippen LogP contribution in [0.4, 0.5) is 4.79 Å². The summed E-state index contributed by atoms with van der Waals surface area (Å²) in [4.78, 5) is 25.0. The molecule has 0 spiro atoms. The van der Waals surface area contributed by atoms with Gasteiger partial charge in [0.15, 0.2) is 0 Å². The van der Waals surface area contributed by atoms with Gasteiger partial charge in [0, 0.05) is 25.6 Å². The Balaban J connectivity index is 2.35. The lowest BCUT2D eigenvalue weighted by Gasteiger charge is -2.33. The zero-order chi connectivity index (χ0) is 13.8. The number of hydrogen-bond donors (Lipinski definition) is 1. The largest absolute Gasteiger partial charge is 0.453 e. The molecule has 1 aliphatic rings. The third kappa shape index (κ3) is 4.94. The van der Waals surface area contributed by atoms with Gasteiger partial charge in [-0.2, -0.15) is 0 Å². The fourth-order valence-electron chi connectivity index (χ4n) is 2.06. The summed E-state index contributed by atoms with van der Waals surface area (Å²) in [6, 6.07) is 0.121. The van der Waals surface area contributed by atoms with Gasteiger partial charge in [0.1, 0.15) is 0 Å². The lowest BCUT2D eigenvalue weighted by atomic mass is 9.91. The normalized spacial score (nSPS) is 17.4. The van der Waals surface area contributed by atoms with Crippen LogP contribution >= 0.6 is 0 Å². The van der Waals surface area contributed by atoms with E-state index in [2.05, 4.69) is 30.8 Å². The number of amides is 2. The van der Waals surface area contributed by atoms with E-state index in [1.54, 1.807) is 0 Å². The lowest BCUT2D eigenvalue weighted by molar-refractivity contribution is -0.134. The van der Waals surface area contributed by atoms with Crippen LogP contribution in [0.2, 0.25) is 0 Å². The van der Waals surface area contributed by atoms with Gasteiger partial charge in [-0.15, -0.1) is 0 Å². The van der Waals surface area contributed by atoms with E-state index < -0.39 is 6.09 Å². The Morgan fingerprint density at radius 1 is 1.28 bits per heavy atom. The zero-order valence-corrected chi connectivity index (χ0v) is 11.8. The fraction of sp³-hybridized carbons (Fsp3) is 0.846. The molecule has 1 aliphatic heterocycles. The van der Waals surface area contributed by atoms with Crippen LogP contribution in [-0.4, -0.2) is 43.1 Å². The molecule has 0 bridgehead atoms. The Morgan fingerprint density at radius 2 is 1.83 bits per heavy atom. The smallest absolute Gasteiger partial charge is 0.407 e. The van der Waals surface area contributed by atoms with Crippen molar-refractivity contribution in [2.45, 2.75) is 46.1 Å². The molecule has 0 saturated carbocycles. The van der Waals surface area contributed by atoms with Crippen LogP contribution in [0.1, 0.15) is 40.0 Å². The first-order valence-corrected chi connectivity index (χ1v) is 6.44. The third-order valence-corrected chi connectivity index (χ3v) is 3.04. The van der Waals surface area contributed by atoms with Crippen LogP contribution in [0.5, 0.6) is 0 Å². The first-order valence-electron chi connectivity index (χ1n) is 6.44. The Labute approximate surface area is 109 Å². The quantitative estimate of drug-likeness (QED) is 0.819. The van der Waals surface area contributed by atoms with Crippen molar-refractivity contribution in [3.05, 3.63) is 0 Å². The van der Waals surface area contributed by atoms with E-state index in [1.807, 2.05) is 4.90 Å².